The third-order valence-electron chi connectivity index (χ3n) is 4.01. The van der Waals surface area contributed by atoms with Crippen molar-refractivity contribution in [3.05, 3.63) is 0 Å². The van der Waals surface area contributed by atoms with Gasteiger partial charge < -0.3 is 9.64 Å². The zero-order valence-electron chi connectivity index (χ0n) is 11.8. The molecule has 0 aromatic rings. The van der Waals surface area contributed by atoms with E-state index in [0.29, 0.717) is 19.1 Å². The van der Waals surface area contributed by atoms with Gasteiger partial charge in [-0.3, -0.25) is 14.5 Å². The molecule has 0 N–H and O–H groups in total. The van der Waals surface area contributed by atoms with Crippen molar-refractivity contribution in [3.8, 4) is 0 Å². The number of likely N-dealkylation sites (tertiary alicyclic amines) is 2. The van der Waals surface area contributed by atoms with Crippen LogP contribution < -0.4 is 0 Å². The van der Waals surface area contributed by atoms with E-state index in [1.54, 1.807) is 0 Å². The Bertz CT molecular complexity index is 319. The fourth-order valence-electron chi connectivity index (χ4n) is 2.92. The normalized spacial score (nSPS) is 21.6. The molecule has 2 saturated heterocycles. The van der Waals surface area contributed by atoms with Crippen LogP contribution >= 0.6 is 0 Å². The first-order valence-corrected chi connectivity index (χ1v) is 7.37. The Labute approximate surface area is 114 Å². The summed E-state index contributed by atoms with van der Waals surface area (Å²) in [6.07, 6.45) is 4.03. The standard InChI is InChI=1S/C14H24N2O3/c1-2-19-13(17)11-15-9-5-12(6-10-15)14(18)16-7-3-4-8-16/h12H,2-11H2,1H3. The van der Waals surface area contributed by atoms with Gasteiger partial charge in [-0.2, -0.15) is 0 Å². The van der Waals surface area contributed by atoms with Crippen molar-refractivity contribution >= 4 is 11.9 Å². The summed E-state index contributed by atoms with van der Waals surface area (Å²) in [6, 6.07) is 0. The van der Waals surface area contributed by atoms with E-state index in [1.165, 1.54) is 0 Å². The first kappa shape index (κ1) is 14.3. The predicted octanol–water partition coefficient (Wildman–Crippen LogP) is 0.884. The van der Waals surface area contributed by atoms with E-state index in [2.05, 4.69) is 4.90 Å². The van der Waals surface area contributed by atoms with Gasteiger partial charge >= 0.3 is 5.97 Å². The molecule has 1 amide bonds. The van der Waals surface area contributed by atoms with E-state index in [4.69, 9.17) is 4.74 Å². The molecule has 2 aliphatic rings. The quantitative estimate of drug-likeness (QED) is 0.710. The summed E-state index contributed by atoms with van der Waals surface area (Å²) in [4.78, 5) is 27.7. The summed E-state index contributed by atoms with van der Waals surface area (Å²) < 4.78 is 4.94. The molecular formula is C14H24N2O3. The molecule has 0 aromatic heterocycles. The Morgan fingerprint density at radius 2 is 1.74 bits per heavy atom. The number of piperidine rings is 1. The number of esters is 1. The van der Waals surface area contributed by atoms with E-state index in [1.807, 2.05) is 11.8 Å². The van der Waals surface area contributed by atoms with Gasteiger partial charge in [-0.05, 0) is 45.7 Å². The van der Waals surface area contributed by atoms with Gasteiger partial charge in [0.25, 0.3) is 0 Å². The summed E-state index contributed by atoms with van der Waals surface area (Å²) in [5.41, 5.74) is 0. The highest BCUT2D eigenvalue weighted by Crippen LogP contribution is 2.21. The fraction of sp³-hybridized carbons (Fsp3) is 0.857. The van der Waals surface area contributed by atoms with Gasteiger partial charge in [-0.1, -0.05) is 0 Å². The van der Waals surface area contributed by atoms with E-state index in [9.17, 15) is 9.59 Å². The number of rotatable bonds is 4. The molecule has 2 rings (SSSR count). The van der Waals surface area contributed by atoms with Crippen LogP contribution in [0.4, 0.5) is 0 Å². The minimum Gasteiger partial charge on any atom is -0.465 e. The first-order chi connectivity index (χ1) is 9.20. The Hall–Kier alpha value is -1.10. The molecule has 0 saturated carbocycles. The van der Waals surface area contributed by atoms with Crippen LogP contribution in [0.25, 0.3) is 0 Å². The SMILES string of the molecule is CCOC(=O)CN1CCC(C(=O)N2CCCC2)CC1. The molecule has 0 radical (unpaired) electrons. The largest absolute Gasteiger partial charge is 0.465 e. The molecule has 2 fully saturated rings. The molecule has 0 aromatic carbocycles. The monoisotopic (exact) mass is 268 g/mol. The van der Waals surface area contributed by atoms with E-state index >= 15 is 0 Å². The molecule has 5 nitrogen and oxygen atoms in total. The highest BCUT2D eigenvalue weighted by atomic mass is 16.5. The van der Waals surface area contributed by atoms with Crippen LogP contribution in [-0.2, 0) is 14.3 Å². The summed E-state index contributed by atoms with van der Waals surface area (Å²) in [7, 11) is 0. The van der Waals surface area contributed by atoms with Crippen molar-refractivity contribution in [2.75, 3.05) is 39.3 Å². The zero-order chi connectivity index (χ0) is 13.7. The van der Waals surface area contributed by atoms with Crippen LogP contribution in [0.5, 0.6) is 0 Å². The zero-order valence-corrected chi connectivity index (χ0v) is 11.8. The van der Waals surface area contributed by atoms with Gasteiger partial charge in [0, 0.05) is 19.0 Å². The Morgan fingerprint density at radius 1 is 1.11 bits per heavy atom. The topological polar surface area (TPSA) is 49.9 Å². The van der Waals surface area contributed by atoms with Crippen LogP contribution in [-0.4, -0.2) is 61.0 Å². The van der Waals surface area contributed by atoms with Crippen molar-refractivity contribution in [2.45, 2.75) is 32.6 Å². The number of hydrogen-bond donors (Lipinski definition) is 0. The van der Waals surface area contributed by atoms with Gasteiger partial charge in [0.05, 0.1) is 13.2 Å². The average molecular weight is 268 g/mol. The number of ether oxygens (including phenoxy) is 1. The molecule has 0 aliphatic carbocycles. The maximum Gasteiger partial charge on any atom is 0.320 e. The van der Waals surface area contributed by atoms with E-state index in [-0.39, 0.29) is 11.9 Å². The molecule has 0 spiro atoms. The van der Waals surface area contributed by atoms with Crippen LogP contribution in [0.15, 0.2) is 0 Å². The summed E-state index contributed by atoms with van der Waals surface area (Å²) in [5.74, 6) is 0.330. The van der Waals surface area contributed by atoms with Crippen LogP contribution in [0.1, 0.15) is 32.6 Å². The van der Waals surface area contributed by atoms with Gasteiger partial charge in [0.1, 0.15) is 0 Å². The minimum atomic E-state index is -0.160. The highest BCUT2D eigenvalue weighted by molar-refractivity contribution is 5.79. The average Bonchev–Trinajstić information content (AvgIpc) is 2.93. The second-order valence-corrected chi connectivity index (χ2v) is 5.39. The van der Waals surface area contributed by atoms with Gasteiger partial charge in [0.15, 0.2) is 0 Å². The maximum absolute atomic E-state index is 12.2. The molecule has 0 atom stereocenters. The third-order valence-corrected chi connectivity index (χ3v) is 4.01. The number of nitrogens with zero attached hydrogens (tertiary/aromatic N) is 2. The van der Waals surface area contributed by atoms with Gasteiger partial charge in [-0.15, -0.1) is 0 Å². The summed E-state index contributed by atoms with van der Waals surface area (Å²) in [6.45, 7) is 6.12. The number of carbonyl (C=O) groups is 2. The molecular weight excluding hydrogens is 244 g/mol. The lowest BCUT2D eigenvalue weighted by molar-refractivity contribution is -0.145. The molecule has 0 unspecified atom stereocenters. The predicted molar refractivity (Wildman–Crippen MR) is 71.6 cm³/mol. The second-order valence-electron chi connectivity index (χ2n) is 5.39. The van der Waals surface area contributed by atoms with Gasteiger partial charge in [0.2, 0.25) is 5.91 Å². The van der Waals surface area contributed by atoms with Crippen LogP contribution in [0.3, 0.4) is 0 Å². The Balaban J connectivity index is 1.72. The van der Waals surface area contributed by atoms with Crippen molar-refractivity contribution in [2.24, 2.45) is 5.92 Å². The highest BCUT2D eigenvalue weighted by Gasteiger charge is 2.30. The van der Waals surface area contributed by atoms with E-state index in [0.717, 1.165) is 51.9 Å². The molecule has 0 bridgehead atoms. The van der Waals surface area contributed by atoms with E-state index < -0.39 is 0 Å². The molecule has 19 heavy (non-hydrogen) atoms. The molecule has 108 valence electrons. The lowest BCUT2D eigenvalue weighted by atomic mass is 9.95. The summed E-state index contributed by atoms with van der Waals surface area (Å²) >= 11 is 0. The number of hydrogen-bond acceptors (Lipinski definition) is 4. The molecule has 5 heteroatoms. The maximum atomic E-state index is 12.2. The smallest absolute Gasteiger partial charge is 0.320 e. The van der Waals surface area contributed by atoms with Crippen molar-refractivity contribution in [1.82, 2.24) is 9.80 Å². The fourth-order valence-corrected chi connectivity index (χ4v) is 2.92. The first-order valence-electron chi connectivity index (χ1n) is 7.37. The van der Waals surface area contributed by atoms with Crippen molar-refractivity contribution in [3.63, 3.8) is 0 Å². The van der Waals surface area contributed by atoms with Crippen LogP contribution in [0, 0.1) is 5.92 Å². The Morgan fingerprint density at radius 3 is 2.32 bits per heavy atom. The van der Waals surface area contributed by atoms with Crippen molar-refractivity contribution < 1.29 is 14.3 Å². The lowest BCUT2D eigenvalue weighted by Crippen LogP contribution is -2.43. The van der Waals surface area contributed by atoms with Crippen molar-refractivity contribution in [1.29, 1.82) is 0 Å². The third kappa shape index (κ3) is 3.93. The minimum absolute atomic E-state index is 0.160. The molecule has 2 heterocycles. The summed E-state index contributed by atoms with van der Waals surface area (Å²) in [5, 5.41) is 0. The lowest BCUT2D eigenvalue weighted by Gasteiger charge is -2.32. The van der Waals surface area contributed by atoms with Gasteiger partial charge in [-0.25, -0.2) is 0 Å². The van der Waals surface area contributed by atoms with Crippen LogP contribution in [0.2, 0.25) is 0 Å². The number of carbonyl (C=O) groups excluding carboxylic acids is 2. The second kappa shape index (κ2) is 6.89. The molecule has 2 aliphatic heterocycles. The Kier molecular flexibility index (Phi) is 5.19. The number of amides is 1.